The minimum Gasteiger partial charge on any atom is -0.338 e. The summed E-state index contributed by atoms with van der Waals surface area (Å²) in [6.07, 6.45) is 2.36. The Hall–Kier alpha value is -0.510. The molecule has 2 unspecified atom stereocenters. The highest BCUT2D eigenvalue weighted by Crippen LogP contribution is 2.38. The molecule has 3 nitrogen and oxygen atoms in total. The first-order chi connectivity index (χ1) is 7.44. The molecule has 16 heavy (non-hydrogen) atoms. The van der Waals surface area contributed by atoms with Crippen molar-refractivity contribution in [3.05, 3.63) is 0 Å². The fourth-order valence-electron chi connectivity index (χ4n) is 1.93. The molecule has 0 N–H and O–H groups in total. The van der Waals surface area contributed by atoms with Gasteiger partial charge in [0.2, 0.25) is 5.91 Å². The molecule has 0 spiro atoms. The fraction of sp³-hybridized carbons (Fsp3) is 0.833. The van der Waals surface area contributed by atoms with Crippen LogP contribution in [-0.2, 0) is 9.59 Å². The number of likely N-dealkylation sites (tertiary alicyclic amines) is 1. The molecule has 1 rings (SSSR count). The maximum atomic E-state index is 11.8. The molecule has 0 saturated carbocycles. The number of thioether (sulfide) groups is 1. The van der Waals surface area contributed by atoms with E-state index < -0.39 is 4.75 Å². The van der Waals surface area contributed by atoms with Gasteiger partial charge in [-0.05, 0) is 20.3 Å². The van der Waals surface area contributed by atoms with E-state index in [1.54, 1.807) is 11.8 Å². The average molecular weight is 243 g/mol. The Morgan fingerprint density at radius 3 is 2.50 bits per heavy atom. The lowest BCUT2D eigenvalue weighted by Crippen LogP contribution is -2.37. The summed E-state index contributed by atoms with van der Waals surface area (Å²) in [6.45, 7) is 8.77. The zero-order valence-electron chi connectivity index (χ0n) is 10.5. The summed E-state index contributed by atoms with van der Waals surface area (Å²) in [5.41, 5.74) is 0. The number of carbonyl (C=O) groups excluding carboxylic acids is 2. The van der Waals surface area contributed by atoms with E-state index in [1.807, 2.05) is 18.7 Å². The van der Waals surface area contributed by atoms with E-state index in [0.717, 1.165) is 12.7 Å². The van der Waals surface area contributed by atoms with Crippen LogP contribution in [-0.4, -0.2) is 39.7 Å². The largest absolute Gasteiger partial charge is 0.338 e. The molecule has 0 aromatic heterocycles. The monoisotopic (exact) mass is 243 g/mol. The second-order valence-corrected chi connectivity index (χ2v) is 6.66. The van der Waals surface area contributed by atoms with Gasteiger partial charge in [-0.25, -0.2) is 0 Å². The Morgan fingerprint density at radius 1 is 1.50 bits per heavy atom. The van der Waals surface area contributed by atoms with Crippen LogP contribution in [0.2, 0.25) is 0 Å². The lowest BCUT2D eigenvalue weighted by atomic mass is 10.1. The van der Waals surface area contributed by atoms with E-state index >= 15 is 0 Å². The van der Waals surface area contributed by atoms with Gasteiger partial charge in [0, 0.05) is 24.3 Å². The predicted octanol–water partition coefficient (Wildman–Crippen LogP) is 2.10. The van der Waals surface area contributed by atoms with Crippen molar-refractivity contribution in [3.8, 4) is 0 Å². The van der Waals surface area contributed by atoms with Crippen molar-refractivity contribution in [2.45, 2.75) is 56.6 Å². The Balaban J connectivity index is 2.77. The lowest BCUT2D eigenvalue weighted by Gasteiger charge is -2.26. The van der Waals surface area contributed by atoms with Crippen molar-refractivity contribution >= 4 is 24.0 Å². The first-order valence-corrected chi connectivity index (χ1v) is 6.75. The second kappa shape index (κ2) is 5.21. The Bertz CT molecular complexity index is 280. The van der Waals surface area contributed by atoms with Gasteiger partial charge in [-0.1, -0.05) is 13.8 Å². The van der Waals surface area contributed by atoms with Gasteiger partial charge in [-0.15, -0.1) is 11.8 Å². The molecule has 4 heteroatoms. The zero-order valence-corrected chi connectivity index (χ0v) is 11.3. The summed E-state index contributed by atoms with van der Waals surface area (Å²) in [7, 11) is 0. The van der Waals surface area contributed by atoms with Crippen molar-refractivity contribution in [2.24, 2.45) is 0 Å². The van der Waals surface area contributed by atoms with Crippen LogP contribution in [0.25, 0.3) is 0 Å². The van der Waals surface area contributed by atoms with Crippen LogP contribution in [0, 0.1) is 0 Å². The maximum Gasteiger partial charge on any atom is 0.224 e. The zero-order chi connectivity index (χ0) is 12.3. The van der Waals surface area contributed by atoms with E-state index in [1.165, 1.54) is 0 Å². The van der Waals surface area contributed by atoms with Crippen LogP contribution in [0.5, 0.6) is 0 Å². The maximum absolute atomic E-state index is 11.8. The number of hydrogen-bond donors (Lipinski definition) is 0. The second-order valence-electron chi connectivity index (χ2n) is 4.81. The summed E-state index contributed by atoms with van der Waals surface area (Å²) >= 11 is 1.65. The molecule has 1 aliphatic heterocycles. The van der Waals surface area contributed by atoms with Crippen molar-refractivity contribution in [1.82, 2.24) is 4.90 Å². The Morgan fingerprint density at radius 2 is 2.12 bits per heavy atom. The van der Waals surface area contributed by atoms with E-state index in [0.29, 0.717) is 18.2 Å². The minimum atomic E-state index is -0.503. The van der Waals surface area contributed by atoms with Gasteiger partial charge in [0.1, 0.15) is 6.29 Å². The molecule has 0 aliphatic carbocycles. The summed E-state index contributed by atoms with van der Waals surface area (Å²) in [4.78, 5) is 24.9. The van der Waals surface area contributed by atoms with E-state index in [4.69, 9.17) is 0 Å². The summed E-state index contributed by atoms with van der Waals surface area (Å²) in [5, 5.41) is 0.421. The fourth-order valence-corrected chi connectivity index (χ4v) is 3.37. The summed E-state index contributed by atoms with van der Waals surface area (Å²) < 4.78 is -0.503. The number of nitrogens with zero attached hydrogens (tertiary/aromatic N) is 1. The standard InChI is InChI=1S/C12H21NO2S/c1-5-10(4)16-12(8-14)6-11(15)13(7-12)9(2)3/h8-10H,5-7H2,1-4H3. The van der Waals surface area contributed by atoms with Crippen LogP contribution in [0.1, 0.15) is 40.5 Å². The number of hydrogen-bond acceptors (Lipinski definition) is 3. The predicted molar refractivity (Wildman–Crippen MR) is 67.6 cm³/mol. The molecule has 0 aromatic carbocycles. The molecule has 92 valence electrons. The van der Waals surface area contributed by atoms with Gasteiger partial charge in [0.25, 0.3) is 0 Å². The van der Waals surface area contributed by atoms with Gasteiger partial charge < -0.3 is 9.69 Å². The first-order valence-electron chi connectivity index (χ1n) is 5.87. The van der Waals surface area contributed by atoms with Gasteiger partial charge in [0.15, 0.2) is 0 Å². The molecule has 0 radical (unpaired) electrons. The van der Waals surface area contributed by atoms with Crippen LogP contribution in [0.4, 0.5) is 0 Å². The van der Waals surface area contributed by atoms with Gasteiger partial charge in [-0.3, -0.25) is 4.79 Å². The van der Waals surface area contributed by atoms with Crippen molar-refractivity contribution in [2.75, 3.05) is 6.54 Å². The number of carbonyl (C=O) groups is 2. The average Bonchev–Trinajstić information content (AvgIpc) is 2.56. The number of amides is 1. The molecule has 1 aliphatic rings. The van der Waals surface area contributed by atoms with Crippen LogP contribution < -0.4 is 0 Å². The van der Waals surface area contributed by atoms with Crippen molar-refractivity contribution < 1.29 is 9.59 Å². The molecule has 1 fully saturated rings. The molecular weight excluding hydrogens is 222 g/mol. The van der Waals surface area contributed by atoms with E-state index in [-0.39, 0.29) is 11.9 Å². The third kappa shape index (κ3) is 2.78. The molecule has 1 heterocycles. The lowest BCUT2D eigenvalue weighted by molar-refractivity contribution is -0.129. The number of rotatable bonds is 5. The van der Waals surface area contributed by atoms with Gasteiger partial charge >= 0.3 is 0 Å². The minimum absolute atomic E-state index is 0.109. The highest BCUT2D eigenvalue weighted by atomic mass is 32.2. The molecule has 2 atom stereocenters. The molecule has 1 amide bonds. The SMILES string of the molecule is CCC(C)SC1(C=O)CC(=O)N(C(C)C)C1. The highest BCUT2D eigenvalue weighted by Gasteiger charge is 2.45. The Labute approximate surface area is 102 Å². The quantitative estimate of drug-likeness (QED) is 0.694. The van der Waals surface area contributed by atoms with E-state index in [2.05, 4.69) is 13.8 Å². The topological polar surface area (TPSA) is 37.4 Å². The van der Waals surface area contributed by atoms with Crippen molar-refractivity contribution in [3.63, 3.8) is 0 Å². The van der Waals surface area contributed by atoms with Crippen LogP contribution >= 0.6 is 11.8 Å². The summed E-state index contributed by atoms with van der Waals surface area (Å²) in [5.74, 6) is 0.109. The third-order valence-corrected chi connectivity index (χ3v) is 4.63. The first kappa shape index (κ1) is 13.6. The normalized spacial score (nSPS) is 27.6. The van der Waals surface area contributed by atoms with Gasteiger partial charge in [0.05, 0.1) is 4.75 Å². The van der Waals surface area contributed by atoms with Gasteiger partial charge in [-0.2, -0.15) is 0 Å². The smallest absolute Gasteiger partial charge is 0.224 e. The summed E-state index contributed by atoms with van der Waals surface area (Å²) in [6, 6.07) is 0.187. The highest BCUT2D eigenvalue weighted by molar-refractivity contribution is 8.02. The molecule has 0 aromatic rings. The third-order valence-electron chi connectivity index (χ3n) is 3.06. The van der Waals surface area contributed by atoms with Crippen LogP contribution in [0.15, 0.2) is 0 Å². The molecular formula is C12H21NO2S. The van der Waals surface area contributed by atoms with Crippen molar-refractivity contribution in [1.29, 1.82) is 0 Å². The van der Waals surface area contributed by atoms with Crippen LogP contribution in [0.3, 0.4) is 0 Å². The Kier molecular flexibility index (Phi) is 4.42. The van der Waals surface area contributed by atoms with E-state index in [9.17, 15) is 9.59 Å². The number of aldehydes is 1. The molecule has 1 saturated heterocycles. The molecule has 0 bridgehead atoms.